The van der Waals surface area contributed by atoms with Crippen molar-refractivity contribution in [2.75, 3.05) is 0 Å². The van der Waals surface area contributed by atoms with Gasteiger partial charge in [0.25, 0.3) is 0 Å². The largest absolute Gasteiger partial charge is 0.309 e. The number of benzene rings is 8. The Morgan fingerprint density at radius 3 is 1.21 bits per heavy atom. The monoisotopic (exact) mass is 715 g/mol. The summed E-state index contributed by atoms with van der Waals surface area (Å²) >= 11 is 0. The number of aromatic nitrogens is 5. The van der Waals surface area contributed by atoms with Crippen molar-refractivity contribution in [3.05, 3.63) is 200 Å². The molecule has 0 unspecified atom stereocenters. The van der Waals surface area contributed by atoms with Crippen LogP contribution in [0.1, 0.15) is 0 Å². The van der Waals surface area contributed by atoms with E-state index in [2.05, 4.69) is 203 Å². The standard InChI is InChI=1S/C51H33N5/c1-3-15-34(16-4-1)36-27-29-37(30-28-36)49-52-50(54-51(53-49)56-46-25-13-9-21-41(46)42-22-10-14-26-47(42)56)43-33-38(35-17-5-2-6-18-35)31-32-48(43)55-44-23-11-7-19-39(44)40-20-8-12-24-45(40)55/h1-33H. The van der Waals surface area contributed by atoms with Crippen LogP contribution in [0.2, 0.25) is 0 Å². The van der Waals surface area contributed by atoms with Crippen LogP contribution in [-0.2, 0) is 0 Å². The second-order valence-electron chi connectivity index (χ2n) is 14.1. The fourth-order valence-corrected chi connectivity index (χ4v) is 8.20. The van der Waals surface area contributed by atoms with Crippen LogP contribution in [0.15, 0.2) is 200 Å². The first-order valence-electron chi connectivity index (χ1n) is 18.9. The predicted octanol–water partition coefficient (Wildman–Crippen LogP) is 12.7. The van der Waals surface area contributed by atoms with Gasteiger partial charge in [0.1, 0.15) is 0 Å². The molecular formula is C51H33N5. The van der Waals surface area contributed by atoms with E-state index in [1.165, 1.54) is 10.8 Å². The minimum absolute atomic E-state index is 0.563. The predicted molar refractivity (Wildman–Crippen MR) is 230 cm³/mol. The third-order valence-corrected chi connectivity index (χ3v) is 10.8. The molecule has 0 radical (unpaired) electrons. The maximum absolute atomic E-state index is 5.43. The van der Waals surface area contributed by atoms with Gasteiger partial charge in [0, 0.05) is 32.7 Å². The Morgan fingerprint density at radius 1 is 0.286 bits per heavy atom. The number of rotatable bonds is 6. The number of para-hydroxylation sites is 4. The molecule has 0 bridgehead atoms. The molecule has 3 aromatic heterocycles. The lowest BCUT2D eigenvalue weighted by atomic mass is 10.0. The summed E-state index contributed by atoms with van der Waals surface area (Å²) in [6.45, 7) is 0. The summed E-state index contributed by atoms with van der Waals surface area (Å²) in [6, 6.07) is 70.3. The molecule has 8 aromatic carbocycles. The molecular weight excluding hydrogens is 683 g/mol. The Labute approximate surface area is 323 Å². The third-order valence-electron chi connectivity index (χ3n) is 10.8. The average molecular weight is 716 g/mol. The van der Waals surface area contributed by atoms with E-state index >= 15 is 0 Å². The third kappa shape index (κ3) is 5.21. The van der Waals surface area contributed by atoms with Gasteiger partial charge in [-0.3, -0.25) is 4.57 Å². The van der Waals surface area contributed by atoms with Crippen LogP contribution in [0, 0.1) is 0 Å². The fourth-order valence-electron chi connectivity index (χ4n) is 8.20. The molecule has 262 valence electrons. The quantitative estimate of drug-likeness (QED) is 0.172. The highest BCUT2D eigenvalue weighted by atomic mass is 15.2. The van der Waals surface area contributed by atoms with E-state index < -0.39 is 0 Å². The minimum atomic E-state index is 0.563. The summed E-state index contributed by atoms with van der Waals surface area (Å²) in [5.74, 6) is 1.76. The molecule has 0 aliphatic carbocycles. The van der Waals surface area contributed by atoms with Gasteiger partial charge in [-0.15, -0.1) is 0 Å². The molecule has 56 heavy (non-hydrogen) atoms. The van der Waals surface area contributed by atoms with E-state index in [-0.39, 0.29) is 0 Å². The van der Waals surface area contributed by atoms with E-state index in [1.54, 1.807) is 0 Å². The Morgan fingerprint density at radius 2 is 0.679 bits per heavy atom. The molecule has 0 amide bonds. The van der Waals surface area contributed by atoms with Gasteiger partial charge in [-0.1, -0.05) is 164 Å². The minimum Gasteiger partial charge on any atom is -0.309 e. The van der Waals surface area contributed by atoms with Crippen molar-refractivity contribution >= 4 is 43.6 Å². The molecule has 11 rings (SSSR count). The Hall–Kier alpha value is -7.63. The average Bonchev–Trinajstić information content (AvgIpc) is 3.80. The lowest BCUT2D eigenvalue weighted by Crippen LogP contribution is -2.08. The van der Waals surface area contributed by atoms with Crippen molar-refractivity contribution in [1.82, 2.24) is 24.1 Å². The normalized spacial score (nSPS) is 11.6. The number of fused-ring (bicyclic) bond motifs is 6. The van der Waals surface area contributed by atoms with Gasteiger partial charge in [0.2, 0.25) is 5.95 Å². The molecule has 11 aromatic rings. The molecule has 0 aliphatic heterocycles. The summed E-state index contributed by atoms with van der Waals surface area (Å²) in [5, 5.41) is 4.69. The summed E-state index contributed by atoms with van der Waals surface area (Å²) in [4.78, 5) is 16.1. The van der Waals surface area contributed by atoms with Crippen LogP contribution in [0.3, 0.4) is 0 Å². The Balaban J connectivity index is 1.22. The number of nitrogens with zero attached hydrogens (tertiary/aromatic N) is 5. The van der Waals surface area contributed by atoms with Gasteiger partial charge >= 0.3 is 0 Å². The van der Waals surface area contributed by atoms with Crippen molar-refractivity contribution in [1.29, 1.82) is 0 Å². The molecule has 5 heteroatoms. The maximum Gasteiger partial charge on any atom is 0.238 e. The van der Waals surface area contributed by atoms with Crippen LogP contribution < -0.4 is 0 Å². The van der Waals surface area contributed by atoms with E-state index in [4.69, 9.17) is 15.0 Å². The molecule has 0 atom stereocenters. The second-order valence-corrected chi connectivity index (χ2v) is 14.1. The van der Waals surface area contributed by atoms with Crippen LogP contribution in [-0.4, -0.2) is 24.1 Å². The second kappa shape index (κ2) is 13.0. The smallest absolute Gasteiger partial charge is 0.238 e. The Kier molecular flexibility index (Phi) is 7.42. The lowest BCUT2D eigenvalue weighted by Gasteiger charge is -2.17. The van der Waals surface area contributed by atoms with Gasteiger partial charge in [0.15, 0.2) is 11.6 Å². The molecule has 0 N–H and O–H groups in total. The van der Waals surface area contributed by atoms with Crippen molar-refractivity contribution in [2.45, 2.75) is 0 Å². The van der Waals surface area contributed by atoms with Gasteiger partial charge in [0.05, 0.1) is 27.8 Å². The first kappa shape index (κ1) is 31.9. The SMILES string of the molecule is c1ccc(-c2ccc(-c3nc(-c4cc(-c5ccccc5)ccc4-n4c5ccccc5c5ccccc54)nc(-n4c5ccccc5c5ccccc54)n3)cc2)cc1. The van der Waals surface area contributed by atoms with E-state index in [0.29, 0.717) is 17.6 Å². The van der Waals surface area contributed by atoms with E-state index in [9.17, 15) is 0 Å². The lowest BCUT2D eigenvalue weighted by molar-refractivity contribution is 0.952. The summed E-state index contributed by atoms with van der Waals surface area (Å²) in [6.07, 6.45) is 0. The molecule has 0 aliphatic rings. The summed E-state index contributed by atoms with van der Waals surface area (Å²) in [5.41, 5.74) is 11.6. The zero-order chi connectivity index (χ0) is 37.0. The topological polar surface area (TPSA) is 48.5 Å². The summed E-state index contributed by atoms with van der Waals surface area (Å²) < 4.78 is 4.53. The highest BCUT2D eigenvalue weighted by Gasteiger charge is 2.22. The van der Waals surface area contributed by atoms with Gasteiger partial charge in [-0.05, 0) is 58.7 Å². The van der Waals surface area contributed by atoms with Crippen molar-refractivity contribution in [3.63, 3.8) is 0 Å². The molecule has 0 saturated carbocycles. The van der Waals surface area contributed by atoms with Crippen LogP contribution in [0.5, 0.6) is 0 Å². The van der Waals surface area contributed by atoms with Gasteiger partial charge in [-0.25, -0.2) is 4.98 Å². The van der Waals surface area contributed by atoms with Gasteiger partial charge in [-0.2, -0.15) is 9.97 Å². The first-order valence-corrected chi connectivity index (χ1v) is 18.9. The highest BCUT2D eigenvalue weighted by Crippen LogP contribution is 2.39. The number of hydrogen-bond acceptors (Lipinski definition) is 3. The molecule has 0 saturated heterocycles. The van der Waals surface area contributed by atoms with Crippen LogP contribution in [0.25, 0.3) is 100 Å². The first-order chi connectivity index (χ1) is 27.8. The van der Waals surface area contributed by atoms with Gasteiger partial charge < -0.3 is 4.57 Å². The molecule has 5 nitrogen and oxygen atoms in total. The zero-order valence-electron chi connectivity index (χ0n) is 30.3. The fraction of sp³-hybridized carbons (Fsp3) is 0. The van der Waals surface area contributed by atoms with Crippen molar-refractivity contribution in [2.24, 2.45) is 0 Å². The number of hydrogen-bond donors (Lipinski definition) is 0. The summed E-state index contributed by atoms with van der Waals surface area (Å²) in [7, 11) is 0. The molecule has 0 spiro atoms. The van der Waals surface area contributed by atoms with E-state index in [1.807, 2.05) is 6.07 Å². The zero-order valence-corrected chi connectivity index (χ0v) is 30.3. The highest BCUT2D eigenvalue weighted by molar-refractivity contribution is 6.10. The molecule has 3 heterocycles. The maximum atomic E-state index is 5.43. The van der Waals surface area contributed by atoms with E-state index in [0.717, 1.165) is 71.9 Å². The molecule has 0 fully saturated rings. The van der Waals surface area contributed by atoms with Crippen LogP contribution in [0.4, 0.5) is 0 Å². The van der Waals surface area contributed by atoms with Crippen LogP contribution >= 0.6 is 0 Å². The van der Waals surface area contributed by atoms with Crippen molar-refractivity contribution < 1.29 is 0 Å². The van der Waals surface area contributed by atoms with Crippen molar-refractivity contribution in [3.8, 4) is 56.7 Å². The Bertz CT molecular complexity index is 3130.